The van der Waals surface area contributed by atoms with E-state index in [1.807, 2.05) is 26.0 Å². The van der Waals surface area contributed by atoms with Crippen molar-refractivity contribution in [1.29, 1.82) is 0 Å². The van der Waals surface area contributed by atoms with Crippen LogP contribution < -0.4 is 0 Å². The van der Waals surface area contributed by atoms with Gasteiger partial charge in [-0.1, -0.05) is 35.3 Å². The van der Waals surface area contributed by atoms with Gasteiger partial charge in [0.1, 0.15) is 0 Å². The van der Waals surface area contributed by atoms with Crippen LogP contribution >= 0.6 is 34.5 Å². The van der Waals surface area contributed by atoms with Crippen LogP contribution in [0.5, 0.6) is 0 Å². The number of hydrogen-bond acceptors (Lipinski definition) is 5. The molecule has 1 aromatic carbocycles. The first kappa shape index (κ1) is 17.9. The Morgan fingerprint density at radius 2 is 1.96 bits per heavy atom. The molecule has 0 N–H and O–H groups in total. The molecule has 5 nitrogen and oxygen atoms in total. The molecule has 0 atom stereocenters. The quantitative estimate of drug-likeness (QED) is 0.598. The molecule has 3 aromatic rings. The highest BCUT2D eigenvalue weighted by atomic mass is 35.5. The molecular weight excluding hydrogens is 381 g/mol. The normalized spacial score (nSPS) is 11.1. The fraction of sp³-hybridized carbons (Fsp3) is 0.235. The van der Waals surface area contributed by atoms with Crippen LogP contribution in [0.4, 0.5) is 0 Å². The van der Waals surface area contributed by atoms with Gasteiger partial charge in [0.2, 0.25) is 11.8 Å². The molecule has 130 valence electrons. The first-order valence-electron chi connectivity index (χ1n) is 7.59. The molecule has 0 bridgehead atoms. The van der Waals surface area contributed by atoms with E-state index in [9.17, 15) is 4.79 Å². The maximum atomic E-state index is 12.7. The Hall–Kier alpha value is -1.89. The largest absolute Gasteiger partial charge is 0.419 e. The van der Waals surface area contributed by atoms with Crippen LogP contribution in [-0.4, -0.2) is 27.0 Å². The summed E-state index contributed by atoms with van der Waals surface area (Å²) in [4.78, 5) is 14.9. The molecule has 3 rings (SSSR count). The van der Waals surface area contributed by atoms with Crippen LogP contribution in [-0.2, 0) is 6.54 Å². The summed E-state index contributed by atoms with van der Waals surface area (Å²) in [6.45, 7) is 4.07. The molecule has 0 saturated carbocycles. The number of hydrogen-bond donors (Lipinski definition) is 0. The van der Waals surface area contributed by atoms with E-state index in [-0.39, 0.29) is 18.5 Å². The van der Waals surface area contributed by atoms with E-state index < -0.39 is 0 Å². The smallest absolute Gasteiger partial charge is 0.264 e. The standard InChI is InChI=1S/C17H15Cl2N3O2S/c1-10(2)22(17(23)13-7-8-14(19)25-13)9-15-20-21-16(24-15)11-5-3-4-6-12(11)18/h3-8,10H,9H2,1-2H3. The molecule has 0 spiro atoms. The second-order valence-corrected chi connectivity index (χ2v) is 7.73. The van der Waals surface area contributed by atoms with E-state index in [0.29, 0.717) is 31.6 Å². The zero-order valence-electron chi connectivity index (χ0n) is 13.6. The van der Waals surface area contributed by atoms with E-state index in [2.05, 4.69) is 10.2 Å². The molecule has 0 unspecified atom stereocenters. The van der Waals surface area contributed by atoms with Gasteiger partial charge < -0.3 is 9.32 Å². The number of rotatable bonds is 5. The van der Waals surface area contributed by atoms with Gasteiger partial charge in [-0.05, 0) is 38.1 Å². The Labute approximate surface area is 159 Å². The summed E-state index contributed by atoms with van der Waals surface area (Å²) in [5.41, 5.74) is 0.662. The number of amides is 1. The number of carbonyl (C=O) groups is 1. The lowest BCUT2D eigenvalue weighted by Gasteiger charge is -2.24. The lowest BCUT2D eigenvalue weighted by atomic mass is 10.2. The van der Waals surface area contributed by atoms with Crippen molar-refractivity contribution in [3.63, 3.8) is 0 Å². The number of aromatic nitrogens is 2. The van der Waals surface area contributed by atoms with Crippen molar-refractivity contribution in [3.05, 3.63) is 56.5 Å². The monoisotopic (exact) mass is 395 g/mol. The van der Waals surface area contributed by atoms with Crippen molar-refractivity contribution < 1.29 is 9.21 Å². The van der Waals surface area contributed by atoms with Gasteiger partial charge in [-0.2, -0.15) is 0 Å². The number of carbonyl (C=O) groups excluding carboxylic acids is 1. The summed E-state index contributed by atoms with van der Waals surface area (Å²) >= 11 is 13.3. The third-order valence-electron chi connectivity index (χ3n) is 3.54. The lowest BCUT2D eigenvalue weighted by molar-refractivity contribution is 0.0677. The average Bonchev–Trinajstić information content (AvgIpc) is 3.21. The molecule has 0 fully saturated rings. The van der Waals surface area contributed by atoms with E-state index >= 15 is 0 Å². The van der Waals surface area contributed by atoms with Crippen molar-refractivity contribution in [1.82, 2.24) is 15.1 Å². The molecule has 2 heterocycles. The van der Waals surface area contributed by atoms with Crippen molar-refractivity contribution in [2.24, 2.45) is 0 Å². The second kappa shape index (κ2) is 7.56. The third-order valence-corrected chi connectivity index (χ3v) is 5.09. The predicted octanol–water partition coefficient (Wildman–Crippen LogP) is 5.16. The zero-order chi connectivity index (χ0) is 18.0. The Morgan fingerprint density at radius 3 is 2.60 bits per heavy atom. The minimum absolute atomic E-state index is 0.0379. The van der Waals surface area contributed by atoms with Gasteiger partial charge in [0.15, 0.2) is 0 Å². The topological polar surface area (TPSA) is 59.2 Å². The van der Waals surface area contributed by atoms with Crippen molar-refractivity contribution in [2.75, 3.05) is 0 Å². The first-order valence-corrected chi connectivity index (χ1v) is 9.16. The van der Waals surface area contributed by atoms with E-state index in [1.165, 1.54) is 11.3 Å². The van der Waals surface area contributed by atoms with Gasteiger partial charge in [0, 0.05) is 6.04 Å². The van der Waals surface area contributed by atoms with Gasteiger partial charge in [0.25, 0.3) is 5.91 Å². The molecule has 8 heteroatoms. The summed E-state index contributed by atoms with van der Waals surface area (Å²) in [6, 6.07) is 10.6. The van der Waals surface area contributed by atoms with E-state index in [4.69, 9.17) is 27.6 Å². The van der Waals surface area contributed by atoms with Crippen molar-refractivity contribution in [3.8, 4) is 11.5 Å². The van der Waals surface area contributed by atoms with Crippen LogP contribution in [0, 0.1) is 0 Å². The van der Waals surface area contributed by atoms with Crippen molar-refractivity contribution in [2.45, 2.75) is 26.4 Å². The summed E-state index contributed by atoms with van der Waals surface area (Å²) in [7, 11) is 0. The van der Waals surface area contributed by atoms with Crippen LogP contribution in [0.3, 0.4) is 0 Å². The van der Waals surface area contributed by atoms with E-state index in [1.54, 1.807) is 29.2 Å². The predicted molar refractivity (Wildman–Crippen MR) is 99.1 cm³/mol. The van der Waals surface area contributed by atoms with Crippen LogP contribution in [0.15, 0.2) is 40.8 Å². The summed E-state index contributed by atoms with van der Waals surface area (Å²) < 4.78 is 6.27. The number of nitrogens with zero attached hydrogens (tertiary/aromatic N) is 3. The van der Waals surface area contributed by atoms with Crippen LogP contribution in [0.25, 0.3) is 11.5 Å². The van der Waals surface area contributed by atoms with Crippen LogP contribution in [0.2, 0.25) is 9.36 Å². The summed E-state index contributed by atoms with van der Waals surface area (Å²) in [5.74, 6) is 0.555. The number of benzene rings is 1. The molecule has 1 amide bonds. The number of halogens is 2. The average molecular weight is 396 g/mol. The highest BCUT2D eigenvalue weighted by Crippen LogP contribution is 2.27. The minimum Gasteiger partial charge on any atom is -0.419 e. The molecule has 0 aliphatic heterocycles. The van der Waals surface area contributed by atoms with Gasteiger partial charge >= 0.3 is 0 Å². The summed E-state index contributed by atoms with van der Waals surface area (Å²) in [5, 5.41) is 8.61. The Morgan fingerprint density at radius 1 is 1.20 bits per heavy atom. The molecule has 0 aliphatic carbocycles. The first-order chi connectivity index (χ1) is 12.0. The Balaban J connectivity index is 1.82. The Bertz CT molecular complexity index is 891. The number of thiophene rings is 1. The molecule has 25 heavy (non-hydrogen) atoms. The fourth-order valence-corrected chi connectivity index (χ4v) is 3.48. The SMILES string of the molecule is CC(C)N(Cc1nnc(-c2ccccc2Cl)o1)C(=O)c1ccc(Cl)s1. The van der Waals surface area contributed by atoms with Gasteiger partial charge in [-0.3, -0.25) is 4.79 Å². The highest BCUT2D eigenvalue weighted by Gasteiger charge is 2.23. The Kier molecular flexibility index (Phi) is 5.42. The van der Waals surface area contributed by atoms with E-state index in [0.717, 1.165) is 0 Å². The van der Waals surface area contributed by atoms with Crippen molar-refractivity contribution >= 4 is 40.4 Å². The highest BCUT2D eigenvalue weighted by molar-refractivity contribution is 7.17. The maximum Gasteiger partial charge on any atom is 0.264 e. The third kappa shape index (κ3) is 4.03. The fourth-order valence-electron chi connectivity index (χ4n) is 2.27. The van der Waals surface area contributed by atoms with Gasteiger partial charge in [-0.15, -0.1) is 21.5 Å². The molecular formula is C17H15Cl2N3O2S. The summed E-state index contributed by atoms with van der Waals surface area (Å²) in [6.07, 6.45) is 0. The molecule has 0 saturated heterocycles. The van der Waals surface area contributed by atoms with Gasteiger partial charge in [-0.25, -0.2) is 0 Å². The second-order valence-electron chi connectivity index (χ2n) is 5.61. The maximum absolute atomic E-state index is 12.7. The molecule has 2 aromatic heterocycles. The lowest BCUT2D eigenvalue weighted by Crippen LogP contribution is -2.36. The minimum atomic E-state index is -0.121. The van der Waals surface area contributed by atoms with Gasteiger partial charge in [0.05, 0.1) is 26.3 Å². The zero-order valence-corrected chi connectivity index (χ0v) is 15.9. The molecule has 0 aliphatic rings. The molecule has 0 radical (unpaired) electrons. The van der Waals surface area contributed by atoms with Crippen LogP contribution in [0.1, 0.15) is 29.4 Å².